The van der Waals surface area contributed by atoms with E-state index in [9.17, 15) is 9.59 Å². The Morgan fingerprint density at radius 2 is 1.97 bits per heavy atom. The van der Waals surface area contributed by atoms with Gasteiger partial charge >= 0.3 is 5.97 Å². The molecule has 2 aromatic rings. The lowest BCUT2D eigenvalue weighted by molar-refractivity contribution is -0.118. The van der Waals surface area contributed by atoms with Crippen molar-refractivity contribution in [2.75, 3.05) is 18.5 Å². The van der Waals surface area contributed by atoms with Crippen LogP contribution >= 0.6 is 11.3 Å². The van der Waals surface area contributed by atoms with Crippen molar-refractivity contribution in [3.05, 3.63) is 45.8 Å². The van der Waals surface area contributed by atoms with Gasteiger partial charge in [-0.15, -0.1) is 11.3 Å². The Kier molecular flexibility index (Phi) is 6.96. The smallest absolute Gasteiger partial charge is 0.341 e. The van der Waals surface area contributed by atoms with Gasteiger partial charge in [0.1, 0.15) is 10.8 Å². The molecule has 0 unspecified atom stereocenters. The Morgan fingerprint density at radius 1 is 1.24 bits per heavy atom. The molecule has 0 radical (unpaired) electrons. The molecule has 1 aliphatic rings. The van der Waals surface area contributed by atoms with Crippen LogP contribution in [0.5, 0.6) is 5.75 Å². The van der Waals surface area contributed by atoms with Crippen molar-refractivity contribution in [3.8, 4) is 5.75 Å². The summed E-state index contributed by atoms with van der Waals surface area (Å²) in [6, 6.07) is 7.76. The second-order valence-electron chi connectivity index (χ2n) is 7.84. The molecule has 1 aliphatic carbocycles. The number of carbonyl (C=O) groups excluding carboxylic acids is 2. The van der Waals surface area contributed by atoms with Crippen LogP contribution in [-0.2, 0) is 22.4 Å². The zero-order chi connectivity index (χ0) is 21.0. The average molecular weight is 416 g/mol. The molecule has 0 saturated carbocycles. The van der Waals surface area contributed by atoms with Crippen LogP contribution in [0.25, 0.3) is 0 Å². The molecule has 0 saturated heterocycles. The SMILES string of the molecule is CCOC(=O)c1c(NC(=O)COc2ccc(C(C)C)cc2)sc2c1CC[C@H](C)C2. The van der Waals surface area contributed by atoms with Crippen molar-refractivity contribution >= 4 is 28.2 Å². The number of thiophene rings is 1. The summed E-state index contributed by atoms with van der Waals surface area (Å²) in [5, 5.41) is 3.45. The summed E-state index contributed by atoms with van der Waals surface area (Å²) >= 11 is 1.49. The van der Waals surface area contributed by atoms with Gasteiger partial charge in [-0.2, -0.15) is 0 Å². The van der Waals surface area contributed by atoms with Crippen LogP contribution in [0.2, 0.25) is 0 Å². The van der Waals surface area contributed by atoms with E-state index in [2.05, 4.69) is 26.1 Å². The van der Waals surface area contributed by atoms with Crippen molar-refractivity contribution in [2.24, 2.45) is 5.92 Å². The molecular formula is C23H29NO4S. The second kappa shape index (κ2) is 9.44. The summed E-state index contributed by atoms with van der Waals surface area (Å²) in [6.07, 6.45) is 2.82. The maximum atomic E-state index is 12.5. The lowest BCUT2D eigenvalue weighted by Gasteiger charge is -2.18. The van der Waals surface area contributed by atoms with Crippen molar-refractivity contribution in [1.82, 2.24) is 0 Å². The van der Waals surface area contributed by atoms with Crippen molar-refractivity contribution in [2.45, 2.75) is 52.9 Å². The Hall–Kier alpha value is -2.34. The van der Waals surface area contributed by atoms with Gasteiger partial charge in [0, 0.05) is 4.88 Å². The van der Waals surface area contributed by atoms with Crippen molar-refractivity contribution in [3.63, 3.8) is 0 Å². The predicted octanol–water partition coefficient (Wildman–Crippen LogP) is 5.19. The molecule has 0 fully saturated rings. The van der Waals surface area contributed by atoms with E-state index in [4.69, 9.17) is 9.47 Å². The third-order valence-corrected chi connectivity index (χ3v) is 6.33. The number of hydrogen-bond donors (Lipinski definition) is 1. The molecule has 6 heteroatoms. The highest BCUT2D eigenvalue weighted by Crippen LogP contribution is 2.40. The van der Waals surface area contributed by atoms with Crippen LogP contribution in [0.1, 0.15) is 66.4 Å². The number of esters is 1. The minimum atomic E-state index is -0.361. The summed E-state index contributed by atoms with van der Waals surface area (Å²) in [5.41, 5.74) is 2.78. The van der Waals surface area contributed by atoms with E-state index in [0.717, 1.165) is 24.8 Å². The molecule has 1 atom stereocenters. The first-order valence-corrected chi connectivity index (χ1v) is 11.0. The lowest BCUT2D eigenvalue weighted by atomic mass is 9.88. The number of ether oxygens (including phenoxy) is 2. The molecule has 29 heavy (non-hydrogen) atoms. The summed E-state index contributed by atoms with van der Waals surface area (Å²) in [6.45, 7) is 8.46. The van der Waals surface area contributed by atoms with Crippen LogP contribution in [0.15, 0.2) is 24.3 Å². The molecule has 1 N–H and O–H groups in total. The standard InChI is InChI=1S/C23H29NO4S/c1-5-27-23(26)21-18-11-6-15(4)12-19(18)29-22(21)24-20(25)13-28-17-9-7-16(8-10-17)14(2)3/h7-10,14-15H,5-6,11-13H2,1-4H3,(H,24,25)/t15-/m0/s1. The number of hydrogen-bond acceptors (Lipinski definition) is 5. The Labute approximate surface area is 176 Å². The molecule has 5 nitrogen and oxygen atoms in total. The lowest BCUT2D eigenvalue weighted by Crippen LogP contribution is -2.21. The first-order chi connectivity index (χ1) is 13.9. The quantitative estimate of drug-likeness (QED) is 0.632. The molecule has 0 spiro atoms. The number of rotatable bonds is 7. The summed E-state index contributed by atoms with van der Waals surface area (Å²) in [7, 11) is 0. The molecule has 1 aromatic heterocycles. The number of carbonyl (C=O) groups is 2. The Morgan fingerprint density at radius 3 is 2.62 bits per heavy atom. The molecule has 0 bridgehead atoms. The van der Waals surface area contributed by atoms with Gasteiger partial charge in [0.05, 0.1) is 12.2 Å². The van der Waals surface area contributed by atoms with E-state index in [1.807, 2.05) is 24.3 Å². The van der Waals surface area contributed by atoms with Crippen LogP contribution in [0, 0.1) is 5.92 Å². The number of nitrogens with one attached hydrogen (secondary N) is 1. The first kappa shape index (κ1) is 21.4. The fourth-order valence-electron chi connectivity index (χ4n) is 3.52. The minimum absolute atomic E-state index is 0.109. The van der Waals surface area contributed by atoms with Crippen LogP contribution < -0.4 is 10.1 Å². The zero-order valence-corrected chi connectivity index (χ0v) is 18.4. The fraction of sp³-hybridized carbons (Fsp3) is 0.478. The maximum Gasteiger partial charge on any atom is 0.341 e. The van der Waals surface area contributed by atoms with E-state index in [-0.39, 0.29) is 18.5 Å². The predicted molar refractivity (Wildman–Crippen MR) is 116 cm³/mol. The normalized spacial score (nSPS) is 15.7. The molecule has 1 heterocycles. The van der Waals surface area contributed by atoms with E-state index in [0.29, 0.717) is 34.8 Å². The van der Waals surface area contributed by atoms with E-state index in [1.165, 1.54) is 21.8 Å². The number of anilines is 1. The maximum absolute atomic E-state index is 12.5. The Bertz CT molecular complexity index is 870. The third-order valence-electron chi connectivity index (χ3n) is 5.16. The molecule has 3 rings (SSSR count). The zero-order valence-electron chi connectivity index (χ0n) is 17.5. The molecular weight excluding hydrogens is 386 g/mol. The molecule has 1 amide bonds. The van der Waals surface area contributed by atoms with Gasteiger partial charge in [0.25, 0.3) is 5.91 Å². The van der Waals surface area contributed by atoms with Crippen LogP contribution in [0.3, 0.4) is 0 Å². The van der Waals surface area contributed by atoms with Gasteiger partial charge in [-0.1, -0.05) is 32.9 Å². The van der Waals surface area contributed by atoms with Crippen LogP contribution in [0.4, 0.5) is 5.00 Å². The van der Waals surface area contributed by atoms with Gasteiger partial charge in [-0.05, 0) is 61.3 Å². The van der Waals surface area contributed by atoms with Gasteiger partial charge in [-0.3, -0.25) is 4.79 Å². The van der Waals surface area contributed by atoms with E-state index >= 15 is 0 Å². The summed E-state index contributed by atoms with van der Waals surface area (Å²) in [4.78, 5) is 26.2. The first-order valence-electron chi connectivity index (χ1n) is 10.2. The summed E-state index contributed by atoms with van der Waals surface area (Å²) < 4.78 is 10.9. The van der Waals surface area contributed by atoms with Gasteiger partial charge in [0.15, 0.2) is 6.61 Å². The molecule has 1 aromatic carbocycles. The topological polar surface area (TPSA) is 64.6 Å². The third kappa shape index (κ3) is 5.18. The number of fused-ring (bicyclic) bond motifs is 1. The van der Waals surface area contributed by atoms with Crippen LogP contribution in [-0.4, -0.2) is 25.1 Å². The van der Waals surface area contributed by atoms with Crippen molar-refractivity contribution in [1.29, 1.82) is 0 Å². The highest BCUT2D eigenvalue weighted by atomic mass is 32.1. The highest BCUT2D eigenvalue weighted by Gasteiger charge is 2.29. The molecule has 0 aliphatic heterocycles. The Balaban J connectivity index is 1.70. The summed E-state index contributed by atoms with van der Waals surface area (Å²) in [5.74, 6) is 1.03. The van der Waals surface area contributed by atoms with Gasteiger partial charge < -0.3 is 14.8 Å². The van der Waals surface area contributed by atoms with Gasteiger partial charge in [0.2, 0.25) is 0 Å². The van der Waals surface area contributed by atoms with E-state index in [1.54, 1.807) is 6.92 Å². The molecule has 156 valence electrons. The van der Waals surface area contributed by atoms with Gasteiger partial charge in [-0.25, -0.2) is 4.79 Å². The monoisotopic (exact) mass is 415 g/mol. The number of amides is 1. The van der Waals surface area contributed by atoms with E-state index < -0.39 is 0 Å². The van der Waals surface area contributed by atoms with Crippen molar-refractivity contribution < 1.29 is 19.1 Å². The number of benzene rings is 1. The minimum Gasteiger partial charge on any atom is -0.484 e. The fourth-order valence-corrected chi connectivity index (χ4v) is 4.93. The average Bonchev–Trinajstić information content (AvgIpc) is 3.03. The largest absolute Gasteiger partial charge is 0.484 e. The highest BCUT2D eigenvalue weighted by molar-refractivity contribution is 7.17. The second-order valence-corrected chi connectivity index (χ2v) is 8.94.